The van der Waals surface area contributed by atoms with Gasteiger partial charge in [-0.1, -0.05) is 5.16 Å². The van der Waals surface area contributed by atoms with E-state index in [4.69, 9.17) is 16.1 Å². The van der Waals surface area contributed by atoms with E-state index >= 15 is 0 Å². The van der Waals surface area contributed by atoms with Crippen molar-refractivity contribution in [2.75, 3.05) is 12.4 Å². The van der Waals surface area contributed by atoms with E-state index < -0.39 is 0 Å². The molecular formula is C11H11ClN6O. The fourth-order valence-electron chi connectivity index (χ4n) is 1.87. The molecule has 7 nitrogen and oxygen atoms in total. The van der Waals surface area contributed by atoms with Crippen LogP contribution >= 0.6 is 11.6 Å². The highest BCUT2D eigenvalue weighted by Crippen LogP contribution is 2.21. The van der Waals surface area contributed by atoms with Gasteiger partial charge in [0.25, 0.3) is 0 Å². The Labute approximate surface area is 113 Å². The summed E-state index contributed by atoms with van der Waals surface area (Å²) in [6.07, 6.45) is 1.68. The molecule has 0 amide bonds. The van der Waals surface area contributed by atoms with E-state index in [-0.39, 0.29) is 5.28 Å². The summed E-state index contributed by atoms with van der Waals surface area (Å²) >= 11 is 5.90. The second-order valence-corrected chi connectivity index (χ2v) is 4.40. The number of imidazole rings is 1. The quantitative estimate of drug-likeness (QED) is 0.737. The van der Waals surface area contributed by atoms with E-state index in [0.717, 1.165) is 11.5 Å². The molecule has 0 aliphatic heterocycles. The van der Waals surface area contributed by atoms with Crippen LogP contribution in [-0.4, -0.2) is 31.7 Å². The van der Waals surface area contributed by atoms with Crippen LogP contribution in [0.5, 0.6) is 0 Å². The second-order valence-electron chi connectivity index (χ2n) is 4.06. The standard InChI is InChI=1S/C11H11ClN6O/c1-6-3-7(17-19-6)4-18-5-14-8-9(13-2)15-11(12)16-10(8)18/h3,5H,4H2,1-2H3,(H,13,15,16). The monoisotopic (exact) mass is 278 g/mol. The maximum atomic E-state index is 5.90. The number of aryl methyl sites for hydroxylation is 1. The van der Waals surface area contributed by atoms with Crippen molar-refractivity contribution in [1.82, 2.24) is 24.7 Å². The maximum Gasteiger partial charge on any atom is 0.226 e. The number of hydrogen-bond donors (Lipinski definition) is 1. The minimum atomic E-state index is 0.176. The van der Waals surface area contributed by atoms with Gasteiger partial charge in [-0.3, -0.25) is 0 Å². The van der Waals surface area contributed by atoms with Crippen LogP contribution in [0.1, 0.15) is 11.5 Å². The fourth-order valence-corrected chi connectivity index (χ4v) is 2.04. The summed E-state index contributed by atoms with van der Waals surface area (Å²) in [5.41, 5.74) is 2.13. The van der Waals surface area contributed by atoms with Gasteiger partial charge in [0, 0.05) is 13.1 Å². The molecule has 3 heterocycles. The summed E-state index contributed by atoms with van der Waals surface area (Å²) in [6, 6.07) is 1.87. The number of rotatable bonds is 3. The lowest BCUT2D eigenvalue weighted by Crippen LogP contribution is -2.01. The largest absolute Gasteiger partial charge is 0.371 e. The van der Waals surface area contributed by atoms with E-state index in [1.807, 2.05) is 17.6 Å². The molecule has 0 aliphatic rings. The minimum Gasteiger partial charge on any atom is -0.371 e. The summed E-state index contributed by atoms with van der Waals surface area (Å²) in [5.74, 6) is 1.37. The van der Waals surface area contributed by atoms with Crippen LogP contribution in [0.4, 0.5) is 5.82 Å². The molecule has 0 bridgehead atoms. The molecule has 3 aromatic heterocycles. The minimum absolute atomic E-state index is 0.176. The lowest BCUT2D eigenvalue weighted by molar-refractivity contribution is 0.389. The third kappa shape index (κ3) is 2.12. The molecule has 0 fully saturated rings. The number of halogens is 1. The molecule has 98 valence electrons. The highest BCUT2D eigenvalue weighted by molar-refractivity contribution is 6.28. The molecule has 8 heteroatoms. The van der Waals surface area contributed by atoms with Crippen molar-refractivity contribution >= 4 is 28.6 Å². The zero-order chi connectivity index (χ0) is 13.4. The summed E-state index contributed by atoms with van der Waals surface area (Å²) in [6.45, 7) is 2.37. The topological polar surface area (TPSA) is 81.7 Å². The van der Waals surface area contributed by atoms with Crippen molar-refractivity contribution in [3.05, 3.63) is 29.1 Å². The molecule has 0 unspecified atom stereocenters. The molecule has 0 radical (unpaired) electrons. The average molecular weight is 279 g/mol. The molecule has 19 heavy (non-hydrogen) atoms. The molecule has 0 aromatic carbocycles. The molecule has 3 rings (SSSR count). The van der Waals surface area contributed by atoms with Crippen molar-refractivity contribution < 1.29 is 4.52 Å². The van der Waals surface area contributed by atoms with Gasteiger partial charge in [-0.2, -0.15) is 9.97 Å². The van der Waals surface area contributed by atoms with Crippen LogP contribution < -0.4 is 5.32 Å². The molecule has 0 saturated heterocycles. The Balaban J connectivity index is 2.07. The van der Waals surface area contributed by atoms with Crippen LogP contribution in [-0.2, 0) is 6.54 Å². The number of aromatic nitrogens is 5. The molecule has 3 aromatic rings. The number of nitrogens with one attached hydrogen (secondary N) is 1. The predicted octanol–water partition coefficient (Wildman–Crippen LogP) is 1.87. The molecule has 0 aliphatic carbocycles. The van der Waals surface area contributed by atoms with E-state index in [9.17, 15) is 0 Å². The fraction of sp³-hybridized carbons (Fsp3) is 0.273. The average Bonchev–Trinajstić information content (AvgIpc) is 2.96. The third-order valence-corrected chi connectivity index (χ3v) is 2.85. The molecular weight excluding hydrogens is 268 g/mol. The van der Waals surface area contributed by atoms with E-state index in [2.05, 4.69) is 25.4 Å². The van der Waals surface area contributed by atoms with Crippen LogP contribution in [0.3, 0.4) is 0 Å². The SMILES string of the molecule is CNc1nc(Cl)nc2c1ncn2Cc1cc(C)on1. The highest BCUT2D eigenvalue weighted by Gasteiger charge is 2.12. The molecule has 0 saturated carbocycles. The van der Waals surface area contributed by atoms with Crippen molar-refractivity contribution in [3.8, 4) is 0 Å². The first kappa shape index (κ1) is 11.9. The highest BCUT2D eigenvalue weighted by atomic mass is 35.5. The van der Waals surface area contributed by atoms with Crippen molar-refractivity contribution in [3.63, 3.8) is 0 Å². The summed E-state index contributed by atoms with van der Waals surface area (Å²) in [5, 5.41) is 7.07. The Morgan fingerprint density at radius 3 is 2.95 bits per heavy atom. The first-order chi connectivity index (χ1) is 9.17. The Kier molecular flexibility index (Phi) is 2.83. The number of fused-ring (bicyclic) bond motifs is 1. The van der Waals surface area contributed by atoms with Gasteiger partial charge >= 0.3 is 0 Å². The van der Waals surface area contributed by atoms with Gasteiger partial charge in [0.2, 0.25) is 5.28 Å². The van der Waals surface area contributed by atoms with Crippen LogP contribution in [0.15, 0.2) is 16.9 Å². The van der Waals surface area contributed by atoms with Crippen LogP contribution in [0.25, 0.3) is 11.2 Å². The maximum absolute atomic E-state index is 5.90. The molecule has 1 N–H and O–H groups in total. The smallest absolute Gasteiger partial charge is 0.226 e. The first-order valence-corrected chi connectivity index (χ1v) is 6.03. The Bertz CT molecular complexity index is 734. The number of anilines is 1. The Hall–Kier alpha value is -2.15. The molecule has 0 atom stereocenters. The van der Waals surface area contributed by atoms with Gasteiger partial charge in [-0.05, 0) is 18.5 Å². The van der Waals surface area contributed by atoms with Crippen molar-refractivity contribution in [2.45, 2.75) is 13.5 Å². The Morgan fingerprint density at radius 2 is 2.26 bits per heavy atom. The van der Waals surface area contributed by atoms with Gasteiger partial charge in [-0.15, -0.1) is 0 Å². The van der Waals surface area contributed by atoms with Gasteiger partial charge < -0.3 is 14.4 Å². The summed E-state index contributed by atoms with van der Waals surface area (Å²) in [7, 11) is 1.76. The third-order valence-electron chi connectivity index (χ3n) is 2.68. The van der Waals surface area contributed by atoms with E-state index in [1.54, 1.807) is 13.4 Å². The summed E-state index contributed by atoms with van der Waals surface area (Å²) in [4.78, 5) is 12.6. The van der Waals surface area contributed by atoms with Crippen LogP contribution in [0.2, 0.25) is 5.28 Å². The number of hydrogen-bond acceptors (Lipinski definition) is 6. The lowest BCUT2D eigenvalue weighted by Gasteiger charge is -2.03. The normalized spacial score (nSPS) is 11.1. The van der Waals surface area contributed by atoms with Gasteiger partial charge in [-0.25, -0.2) is 4.98 Å². The first-order valence-electron chi connectivity index (χ1n) is 5.65. The lowest BCUT2D eigenvalue weighted by atomic mass is 10.4. The zero-order valence-corrected chi connectivity index (χ0v) is 11.1. The Morgan fingerprint density at radius 1 is 1.42 bits per heavy atom. The number of nitrogens with zero attached hydrogens (tertiary/aromatic N) is 5. The van der Waals surface area contributed by atoms with Crippen molar-refractivity contribution in [2.24, 2.45) is 0 Å². The van der Waals surface area contributed by atoms with Gasteiger partial charge in [0.15, 0.2) is 17.0 Å². The van der Waals surface area contributed by atoms with E-state index in [0.29, 0.717) is 23.5 Å². The molecule has 0 spiro atoms. The van der Waals surface area contributed by atoms with Gasteiger partial charge in [0.1, 0.15) is 11.5 Å². The van der Waals surface area contributed by atoms with Gasteiger partial charge in [0.05, 0.1) is 12.9 Å². The van der Waals surface area contributed by atoms with Crippen LogP contribution in [0, 0.1) is 6.92 Å². The van der Waals surface area contributed by atoms with Crippen molar-refractivity contribution in [1.29, 1.82) is 0 Å². The second kappa shape index (κ2) is 4.51. The zero-order valence-electron chi connectivity index (χ0n) is 10.4. The predicted molar refractivity (Wildman–Crippen MR) is 70.2 cm³/mol. The van der Waals surface area contributed by atoms with E-state index in [1.165, 1.54) is 0 Å². The summed E-state index contributed by atoms with van der Waals surface area (Å²) < 4.78 is 6.89.